The quantitative estimate of drug-likeness (QED) is 0.844. The average molecular weight is 328 g/mol. The summed E-state index contributed by atoms with van der Waals surface area (Å²) in [5.74, 6) is 0.662. The van der Waals surface area contributed by atoms with Gasteiger partial charge in [-0.3, -0.25) is 19.6 Å². The third-order valence-electron chi connectivity index (χ3n) is 5.58. The molecule has 1 aliphatic carbocycles. The van der Waals surface area contributed by atoms with Gasteiger partial charge in [0.05, 0.1) is 11.9 Å². The molecule has 2 saturated heterocycles. The van der Waals surface area contributed by atoms with Crippen molar-refractivity contribution in [2.24, 2.45) is 5.92 Å². The van der Waals surface area contributed by atoms with Crippen LogP contribution in [0.2, 0.25) is 0 Å². The monoisotopic (exact) mass is 328 g/mol. The number of likely N-dealkylation sites (tertiary alicyclic amines) is 2. The molecule has 6 heteroatoms. The molecule has 0 radical (unpaired) electrons. The molecular weight excluding hydrogens is 304 g/mol. The fourth-order valence-corrected chi connectivity index (χ4v) is 4.13. The molecule has 2 aliphatic heterocycles. The van der Waals surface area contributed by atoms with Crippen LogP contribution in [0.4, 0.5) is 0 Å². The van der Waals surface area contributed by atoms with E-state index in [0.717, 1.165) is 45.2 Å². The molecule has 1 saturated carbocycles. The average Bonchev–Trinajstić information content (AvgIpc) is 3.11. The topological polar surface area (TPSA) is 66.4 Å². The Balaban J connectivity index is 1.71. The molecule has 3 heterocycles. The Kier molecular flexibility index (Phi) is 3.98. The van der Waals surface area contributed by atoms with Crippen LogP contribution in [0.25, 0.3) is 0 Å². The molecule has 0 unspecified atom stereocenters. The van der Waals surface area contributed by atoms with E-state index in [0.29, 0.717) is 31.0 Å². The molecule has 3 fully saturated rings. The lowest BCUT2D eigenvalue weighted by Crippen LogP contribution is -2.56. The van der Waals surface area contributed by atoms with Crippen molar-refractivity contribution in [3.63, 3.8) is 0 Å². The summed E-state index contributed by atoms with van der Waals surface area (Å²) in [5.41, 5.74) is -0.312. The summed E-state index contributed by atoms with van der Waals surface area (Å²) in [6.07, 6.45) is 11.3. The van der Waals surface area contributed by atoms with Crippen molar-refractivity contribution in [2.45, 2.75) is 50.5 Å². The Morgan fingerprint density at radius 1 is 1.12 bits per heavy atom. The van der Waals surface area contributed by atoms with E-state index >= 15 is 0 Å². The second kappa shape index (κ2) is 6.15. The van der Waals surface area contributed by atoms with Crippen LogP contribution in [-0.2, 0) is 15.1 Å². The number of aromatic nitrogens is 2. The zero-order valence-corrected chi connectivity index (χ0v) is 14.0. The van der Waals surface area contributed by atoms with E-state index in [-0.39, 0.29) is 11.8 Å². The van der Waals surface area contributed by atoms with Crippen LogP contribution in [-0.4, -0.2) is 51.2 Å². The molecule has 3 aliphatic rings. The predicted molar refractivity (Wildman–Crippen MR) is 87.8 cm³/mol. The van der Waals surface area contributed by atoms with Crippen LogP contribution in [0.3, 0.4) is 0 Å². The minimum absolute atomic E-state index is 0.0437. The van der Waals surface area contributed by atoms with E-state index in [4.69, 9.17) is 0 Å². The third-order valence-corrected chi connectivity index (χ3v) is 5.58. The SMILES string of the molecule is O=C(CC1CC1)N1CCC[C@]1(C(=O)N1CCCC1)c1cnccn1. The normalized spacial score (nSPS) is 26.8. The Bertz CT molecular complexity index is 625. The van der Waals surface area contributed by atoms with Crippen LogP contribution >= 0.6 is 0 Å². The smallest absolute Gasteiger partial charge is 0.254 e. The second-order valence-electron chi connectivity index (χ2n) is 7.25. The first-order valence-electron chi connectivity index (χ1n) is 9.08. The minimum atomic E-state index is -0.940. The summed E-state index contributed by atoms with van der Waals surface area (Å²) in [4.78, 5) is 38.7. The molecule has 2 amide bonds. The predicted octanol–water partition coefficient (Wildman–Crippen LogP) is 1.72. The van der Waals surface area contributed by atoms with Gasteiger partial charge in [0, 0.05) is 38.4 Å². The molecule has 4 rings (SSSR count). The van der Waals surface area contributed by atoms with Crippen molar-refractivity contribution >= 4 is 11.8 Å². The molecule has 0 bridgehead atoms. The van der Waals surface area contributed by atoms with E-state index in [1.807, 2.05) is 9.80 Å². The van der Waals surface area contributed by atoms with Crippen molar-refractivity contribution in [1.29, 1.82) is 0 Å². The zero-order chi connectivity index (χ0) is 16.6. The highest BCUT2D eigenvalue weighted by Gasteiger charge is 2.54. The molecule has 0 N–H and O–H groups in total. The standard InChI is InChI=1S/C18H24N4O2/c23-16(12-14-4-5-14)22-11-3-6-18(22,15-13-19-7-8-20-15)17(24)21-9-1-2-10-21/h7-8,13-14H,1-6,9-12H2/t18-/m1/s1. The number of carbonyl (C=O) groups is 2. The van der Waals surface area contributed by atoms with Crippen molar-refractivity contribution in [1.82, 2.24) is 19.8 Å². The third kappa shape index (κ3) is 2.58. The van der Waals surface area contributed by atoms with Gasteiger partial charge in [0.25, 0.3) is 5.91 Å². The number of rotatable bonds is 4. The van der Waals surface area contributed by atoms with Crippen LogP contribution in [0.15, 0.2) is 18.6 Å². The van der Waals surface area contributed by atoms with Crippen LogP contribution in [0.5, 0.6) is 0 Å². The summed E-state index contributed by atoms with van der Waals surface area (Å²) in [6.45, 7) is 2.21. The molecule has 1 atom stereocenters. The number of carbonyl (C=O) groups excluding carboxylic acids is 2. The van der Waals surface area contributed by atoms with Gasteiger partial charge in [-0.25, -0.2) is 0 Å². The fourth-order valence-electron chi connectivity index (χ4n) is 4.13. The van der Waals surface area contributed by atoms with Gasteiger partial charge in [-0.15, -0.1) is 0 Å². The van der Waals surface area contributed by atoms with E-state index in [2.05, 4.69) is 9.97 Å². The highest BCUT2D eigenvalue weighted by molar-refractivity contribution is 5.93. The van der Waals surface area contributed by atoms with E-state index < -0.39 is 5.54 Å². The van der Waals surface area contributed by atoms with Crippen LogP contribution < -0.4 is 0 Å². The van der Waals surface area contributed by atoms with Crippen molar-refractivity contribution in [3.05, 3.63) is 24.3 Å². The molecule has 128 valence electrons. The molecule has 24 heavy (non-hydrogen) atoms. The zero-order valence-electron chi connectivity index (χ0n) is 14.0. The highest BCUT2D eigenvalue weighted by atomic mass is 16.2. The summed E-state index contributed by atoms with van der Waals surface area (Å²) in [6, 6.07) is 0. The van der Waals surface area contributed by atoms with E-state index in [1.54, 1.807) is 18.6 Å². The maximum Gasteiger partial charge on any atom is 0.254 e. The van der Waals surface area contributed by atoms with Crippen molar-refractivity contribution in [2.75, 3.05) is 19.6 Å². The maximum absolute atomic E-state index is 13.5. The number of amides is 2. The van der Waals surface area contributed by atoms with Crippen molar-refractivity contribution < 1.29 is 9.59 Å². The van der Waals surface area contributed by atoms with Gasteiger partial charge in [0.1, 0.15) is 0 Å². The van der Waals surface area contributed by atoms with E-state index in [1.165, 1.54) is 0 Å². The van der Waals surface area contributed by atoms with Gasteiger partial charge in [-0.05, 0) is 44.4 Å². The fraction of sp³-hybridized carbons (Fsp3) is 0.667. The van der Waals surface area contributed by atoms with Gasteiger partial charge in [0.2, 0.25) is 5.91 Å². The first-order valence-corrected chi connectivity index (χ1v) is 9.08. The van der Waals surface area contributed by atoms with E-state index in [9.17, 15) is 9.59 Å². The number of nitrogens with zero attached hydrogens (tertiary/aromatic N) is 4. The second-order valence-corrected chi connectivity index (χ2v) is 7.25. The Morgan fingerprint density at radius 3 is 2.58 bits per heavy atom. The van der Waals surface area contributed by atoms with Crippen molar-refractivity contribution in [3.8, 4) is 0 Å². The molecule has 1 aromatic rings. The van der Waals surface area contributed by atoms with Gasteiger partial charge in [-0.1, -0.05) is 0 Å². The summed E-state index contributed by atoms with van der Waals surface area (Å²) < 4.78 is 0. The maximum atomic E-state index is 13.5. The van der Waals surface area contributed by atoms with Gasteiger partial charge in [0.15, 0.2) is 5.54 Å². The minimum Gasteiger partial charge on any atom is -0.340 e. The molecular formula is C18H24N4O2. The van der Waals surface area contributed by atoms with Gasteiger partial charge in [-0.2, -0.15) is 0 Å². The first kappa shape index (κ1) is 15.5. The Hall–Kier alpha value is -1.98. The molecule has 0 spiro atoms. The van der Waals surface area contributed by atoms with Crippen LogP contribution in [0, 0.1) is 5.92 Å². The van der Waals surface area contributed by atoms with Crippen LogP contribution in [0.1, 0.15) is 50.6 Å². The Labute approximate surface area is 142 Å². The molecule has 1 aromatic heterocycles. The largest absolute Gasteiger partial charge is 0.340 e. The summed E-state index contributed by atoms with van der Waals surface area (Å²) in [5, 5.41) is 0. The Morgan fingerprint density at radius 2 is 1.92 bits per heavy atom. The lowest BCUT2D eigenvalue weighted by atomic mass is 9.89. The summed E-state index contributed by atoms with van der Waals surface area (Å²) >= 11 is 0. The highest BCUT2D eigenvalue weighted by Crippen LogP contribution is 2.42. The molecule has 0 aromatic carbocycles. The lowest BCUT2D eigenvalue weighted by molar-refractivity contribution is -0.152. The number of hydrogen-bond donors (Lipinski definition) is 0. The first-order chi connectivity index (χ1) is 11.7. The summed E-state index contributed by atoms with van der Waals surface area (Å²) in [7, 11) is 0. The number of hydrogen-bond acceptors (Lipinski definition) is 4. The van der Waals surface area contributed by atoms with Gasteiger partial charge >= 0.3 is 0 Å². The lowest BCUT2D eigenvalue weighted by Gasteiger charge is -2.39. The van der Waals surface area contributed by atoms with Gasteiger partial charge < -0.3 is 9.80 Å². The molecule has 6 nitrogen and oxygen atoms in total.